The van der Waals surface area contributed by atoms with Gasteiger partial charge in [-0.3, -0.25) is 4.79 Å². The molecule has 4 rings (SSSR count). The van der Waals surface area contributed by atoms with Gasteiger partial charge in [0.1, 0.15) is 16.6 Å². The Morgan fingerprint density at radius 3 is 2.64 bits per heavy atom. The Hall–Kier alpha value is -1.81. The molecule has 2 heterocycles. The summed E-state index contributed by atoms with van der Waals surface area (Å²) >= 11 is 2.19. The third kappa shape index (κ3) is 4.73. The monoisotopic (exact) mass is 537 g/mol. The number of methoxy groups -OCH3 is 1. The van der Waals surface area contributed by atoms with Gasteiger partial charge < -0.3 is 23.3 Å². The summed E-state index contributed by atoms with van der Waals surface area (Å²) in [5.74, 6) is -0.0386. The van der Waals surface area contributed by atoms with Crippen LogP contribution < -0.4 is 10.3 Å². The van der Waals surface area contributed by atoms with Crippen LogP contribution in [0, 0.1) is 0 Å². The van der Waals surface area contributed by atoms with Gasteiger partial charge in [-0.25, -0.2) is 4.79 Å². The van der Waals surface area contributed by atoms with Gasteiger partial charge in [-0.05, 0) is 72.9 Å². The minimum absolute atomic E-state index is 0.00110. The van der Waals surface area contributed by atoms with Crippen molar-refractivity contribution in [3.8, 4) is 17.0 Å². The number of carbonyl (C=O) groups excluding carboxylic acids is 1. The van der Waals surface area contributed by atoms with E-state index in [2.05, 4.69) is 15.9 Å². The largest absolute Gasteiger partial charge is 0.611 e. The smallest absolute Gasteiger partial charge is 0.344 e. The SMILES string of the molecule is COCCCOc1cc2c(cc1Br)-c1c(cc(C(=O)OC(C)C)c(=O)n1C1CC1)C(C)[S+]2[O-]. The lowest BCUT2D eigenvalue weighted by Crippen LogP contribution is -2.33. The number of fused-ring (bicyclic) bond motifs is 3. The lowest BCUT2D eigenvalue weighted by molar-refractivity contribution is 0.0375. The number of halogens is 1. The predicted octanol–water partition coefficient (Wildman–Crippen LogP) is 4.78. The standard InChI is InChI=1S/C24H28BrNO6S/c1-13(2)32-24(28)18-10-16-14(3)33(29)21-12-20(31-9-5-8-30-4)19(25)11-17(21)22(16)26(23(18)27)15-6-7-15/h10-15H,5-9H2,1-4H3. The molecule has 0 spiro atoms. The van der Waals surface area contributed by atoms with Crippen molar-refractivity contribution in [3.63, 3.8) is 0 Å². The van der Waals surface area contributed by atoms with Crippen LogP contribution in [0.15, 0.2) is 32.4 Å². The molecule has 1 aromatic carbocycles. The molecule has 2 atom stereocenters. The Morgan fingerprint density at radius 2 is 2.00 bits per heavy atom. The van der Waals surface area contributed by atoms with E-state index >= 15 is 0 Å². The molecular formula is C24H28BrNO6S. The Morgan fingerprint density at radius 1 is 1.27 bits per heavy atom. The maximum Gasteiger partial charge on any atom is 0.344 e. The highest BCUT2D eigenvalue weighted by molar-refractivity contribution is 9.10. The maximum atomic E-state index is 13.5. The second kappa shape index (κ2) is 9.82. The zero-order valence-corrected chi connectivity index (χ0v) is 21.6. The Bertz CT molecular complexity index is 1130. The van der Waals surface area contributed by atoms with Crippen LogP contribution >= 0.6 is 15.9 Å². The average Bonchev–Trinajstić information content (AvgIpc) is 3.59. The first-order valence-electron chi connectivity index (χ1n) is 11.1. The Labute approximate surface area is 204 Å². The molecule has 178 valence electrons. The van der Waals surface area contributed by atoms with Crippen molar-refractivity contribution < 1.29 is 23.6 Å². The van der Waals surface area contributed by atoms with Gasteiger partial charge in [-0.1, -0.05) is 0 Å². The molecule has 0 N–H and O–H groups in total. The zero-order valence-electron chi connectivity index (χ0n) is 19.2. The quantitative estimate of drug-likeness (QED) is 0.273. The van der Waals surface area contributed by atoms with Gasteiger partial charge in [0.05, 0.1) is 28.4 Å². The molecule has 9 heteroatoms. The highest BCUT2D eigenvalue weighted by Gasteiger charge is 2.41. The summed E-state index contributed by atoms with van der Waals surface area (Å²) in [7, 11) is 1.64. The topological polar surface area (TPSA) is 89.8 Å². The van der Waals surface area contributed by atoms with Gasteiger partial charge in [-0.2, -0.15) is 0 Å². The second-order valence-corrected chi connectivity index (χ2v) is 11.2. The number of nitrogens with zero attached hydrogens (tertiary/aromatic N) is 1. The van der Waals surface area contributed by atoms with Crippen LogP contribution in [-0.2, 0) is 20.6 Å². The molecule has 0 amide bonds. The lowest BCUT2D eigenvalue weighted by Gasteiger charge is -2.30. The van der Waals surface area contributed by atoms with Crippen LogP contribution in [0.2, 0.25) is 0 Å². The molecule has 0 saturated heterocycles. The van der Waals surface area contributed by atoms with Crippen molar-refractivity contribution in [2.45, 2.75) is 62.3 Å². The molecule has 1 aliphatic carbocycles. The van der Waals surface area contributed by atoms with Crippen molar-refractivity contribution in [2.24, 2.45) is 0 Å². The summed E-state index contributed by atoms with van der Waals surface area (Å²) in [4.78, 5) is 26.8. The number of hydrogen-bond donors (Lipinski definition) is 0. The Balaban J connectivity index is 1.85. The summed E-state index contributed by atoms with van der Waals surface area (Å²) in [6, 6.07) is 5.27. The van der Waals surface area contributed by atoms with Gasteiger partial charge >= 0.3 is 5.97 Å². The normalized spacial score (nSPS) is 19.2. The summed E-state index contributed by atoms with van der Waals surface area (Å²) in [5.41, 5.74) is 1.83. The highest BCUT2D eigenvalue weighted by atomic mass is 79.9. The summed E-state index contributed by atoms with van der Waals surface area (Å²) < 4.78 is 32.2. The van der Waals surface area contributed by atoms with E-state index in [9.17, 15) is 14.1 Å². The van der Waals surface area contributed by atoms with E-state index < -0.39 is 22.4 Å². The van der Waals surface area contributed by atoms with Crippen molar-refractivity contribution >= 4 is 33.1 Å². The number of hydrogen-bond acceptors (Lipinski definition) is 6. The fourth-order valence-corrected chi connectivity index (χ4v) is 5.89. The van der Waals surface area contributed by atoms with E-state index in [4.69, 9.17) is 14.2 Å². The van der Waals surface area contributed by atoms with Crippen molar-refractivity contribution in [2.75, 3.05) is 20.3 Å². The summed E-state index contributed by atoms with van der Waals surface area (Å²) in [6.07, 6.45) is 2.12. The molecular weight excluding hydrogens is 510 g/mol. The van der Waals surface area contributed by atoms with Crippen LogP contribution in [0.4, 0.5) is 0 Å². The molecule has 1 saturated carbocycles. The zero-order chi connectivity index (χ0) is 23.9. The number of ether oxygens (including phenoxy) is 3. The Kier molecular flexibility index (Phi) is 7.23. The molecule has 7 nitrogen and oxygen atoms in total. The number of aromatic nitrogens is 1. The third-order valence-electron chi connectivity index (χ3n) is 5.75. The van der Waals surface area contributed by atoms with Crippen LogP contribution in [0.3, 0.4) is 0 Å². The fraction of sp³-hybridized carbons (Fsp3) is 0.500. The van der Waals surface area contributed by atoms with Crippen molar-refractivity contribution in [1.29, 1.82) is 0 Å². The summed E-state index contributed by atoms with van der Waals surface area (Å²) in [6.45, 7) is 6.41. The van der Waals surface area contributed by atoms with Gasteiger partial charge in [0.25, 0.3) is 5.56 Å². The molecule has 2 aliphatic rings. The van der Waals surface area contributed by atoms with Crippen LogP contribution in [0.25, 0.3) is 11.3 Å². The van der Waals surface area contributed by atoms with Crippen LogP contribution in [0.1, 0.15) is 67.2 Å². The highest BCUT2D eigenvalue weighted by Crippen LogP contribution is 2.49. The molecule has 2 aromatic rings. The molecule has 1 fully saturated rings. The predicted molar refractivity (Wildman–Crippen MR) is 129 cm³/mol. The first-order valence-corrected chi connectivity index (χ1v) is 13.1. The van der Waals surface area contributed by atoms with Gasteiger partial charge in [0.2, 0.25) is 0 Å². The minimum atomic E-state index is -1.38. The fourth-order valence-electron chi connectivity index (χ4n) is 4.04. The number of rotatable bonds is 8. The molecule has 1 aliphatic heterocycles. The van der Waals surface area contributed by atoms with E-state index in [-0.39, 0.29) is 23.3 Å². The number of pyridine rings is 1. The first kappa shape index (κ1) is 24.3. The van der Waals surface area contributed by atoms with Gasteiger partial charge in [0, 0.05) is 37.8 Å². The number of esters is 1. The van der Waals surface area contributed by atoms with Crippen LogP contribution in [-0.4, -0.2) is 41.5 Å². The summed E-state index contributed by atoms with van der Waals surface area (Å²) in [5, 5.41) is -0.397. The van der Waals surface area contributed by atoms with E-state index in [0.717, 1.165) is 36.1 Å². The molecule has 0 radical (unpaired) electrons. The second-order valence-electron chi connectivity index (χ2n) is 8.64. The number of carbonyl (C=O) groups is 1. The third-order valence-corrected chi connectivity index (χ3v) is 8.04. The van der Waals surface area contributed by atoms with Gasteiger partial charge in [-0.15, -0.1) is 0 Å². The van der Waals surface area contributed by atoms with E-state index in [1.54, 1.807) is 37.7 Å². The number of benzene rings is 1. The van der Waals surface area contributed by atoms with E-state index in [1.807, 2.05) is 13.0 Å². The molecule has 1 aromatic heterocycles. The van der Waals surface area contributed by atoms with Crippen molar-refractivity contribution in [1.82, 2.24) is 4.57 Å². The van der Waals surface area contributed by atoms with E-state index in [0.29, 0.717) is 28.3 Å². The molecule has 33 heavy (non-hydrogen) atoms. The first-order chi connectivity index (χ1) is 15.7. The van der Waals surface area contributed by atoms with Gasteiger partial charge in [0.15, 0.2) is 4.90 Å². The lowest BCUT2D eigenvalue weighted by atomic mass is 9.99. The molecule has 0 bridgehead atoms. The van der Waals surface area contributed by atoms with Crippen LogP contribution in [0.5, 0.6) is 5.75 Å². The maximum absolute atomic E-state index is 13.5. The minimum Gasteiger partial charge on any atom is -0.611 e. The van der Waals surface area contributed by atoms with E-state index in [1.165, 1.54) is 0 Å². The average molecular weight is 538 g/mol. The molecule has 2 unspecified atom stereocenters. The van der Waals surface area contributed by atoms with Crippen molar-refractivity contribution in [3.05, 3.63) is 44.2 Å².